The van der Waals surface area contributed by atoms with Gasteiger partial charge in [0.25, 0.3) is 0 Å². The Balaban J connectivity index is 1.51. The summed E-state index contributed by atoms with van der Waals surface area (Å²) in [5.74, 6) is -0.451. The molecule has 0 radical (unpaired) electrons. The van der Waals surface area contributed by atoms with Gasteiger partial charge in [0.05, 0.1) is 6.61 Å². The highest BCUT2D eigenvalue weighted by Gasteiger charge is 2.23. The van der Waals surface area contributed by atoms with Gasteiger partial charge in [0.15, 0.2) is 0 Å². The first-order chi connectivity index (χ1) is 13.1. The zero-order valence-electron chi connectivity index (χ0n) is 16.4. The number of likely N-dealkylation sites (tertiary alicyclic amines) is 1. The molecular formula is C21H33N3O3. The molecule has 27 heavy (non-hydrogen) atoms. The molecule has 1 heterocycles. The maximum atomic E-state index is 12.0. The molecule has 6 nitrogen and oxygen atoms in total. The molecule has 0 aromatic heterocycles. The minimum Gasteiger partial charge on any atom is -0.383 e. The van der Waals surface area contributed by atoms with Crippen molar-refractivity contribution in [1.82, 2.24) is 4.90 Å². The molecule has 1 fully saturated rings. The van der Waals surface area contributed by atoms with Gasteiger partial charge in [0.1, 0.15) is 0 Å². The van der Waals surface area contributed by atoms with Crippen molar-refractivity contribution in [3.63, 3.8) is 0 Å². The quantitative estimate of drug-likeness (QED) is 0.550. The smallest absolute Gasteiger partial charge is 0.248 e. The molecule has 0 bridgehead atoms. The largest absolute Gasteiger partial charge is 0.383 e. The number of unbranched alkanes of at least 4 members (excludes halogenated alkanes) is 4. The van der Waals surface area contributed by atoms with E-state index in [9.17, 15) is 9.59 Å². The molecule has 0 saturated carbocycles. The fourth-order valence-corrected chi connectivity index (χ4v) is 3.64. The number of primary amides is 1. The summed E-state index contributed by atoms with van der Waals surface area (Å²) in [5.41, 5.74) is 6.34. The minimum absolute atomic E-state index is 0.0151. The summed E-state index contributed by atoms with van der Waals surface area (Å²) >= 11 is 0. The van der Waals surface area contributed by atoms with Gasteiger partial charge in [-0.3, -0.25) is 14.5 Å². The zero-order valence-corrected chi connectivity index (χ0v) is 16.4. The predicted octanol–water partition coefficient (Wildman–Crippen LogP) is 3.18. The summed E-state index contributed by atoms with van der Waals surface area (Å²) in [6.07, 6.45) is 8.66. The molecule has 1 saturated heterocycles. The number of nitrogens with two attached hydrogens (primary N) is 1. The third-order valence-corrected chi connectivity index (χ3v) is 5.16. The van der Waals surface area contributed by atoms with Gasteiger partial charge in [-0.1, -0.05) is 19.3 Å². The van der Waals surface area contributed by atoms with Crippen LogP contribution >= 0.6 is 0 Å². The topological polar surface area (TPSA) is 84.7 Å². The summed E-state index contributed by atoms with van der Waals surface area (Å²) < 4.78 is 5.30. The van der Waals surface area contributed by atoms with E-state index in [2.05, 4.69) is 10.2 Å². The molecule has 6 heteroatoms. The predicted molar refractivity (Wildman–Crippen MR) is 108 cm³/mol. The van der Waals surface area contributed by atoms with Crippen LogP contribution in [0.3, 0.4) is 0 Å². The SMILES string of the molecule is COC[C@H]1CCCN1CCCCCCCC(=O)Nc1ccc(C(N)=O)cc1. The van der Waals surface area contributed by atoms with Crippen LogP contribution < -0.4 is 11.1 Å². The third kappa shape index (κ3) is 7.69. The van der Waals surface area contributed by atoms with Crippen LogP contribution in [0.25, 0.3) is 0 Å². The Morgan fingerprint density at radius 1 is 1.15 bits per heavy atom. The maximum Gasteiger partial charge on any atom is 0.248 e. The van der Waals surface area contributed by atoms with Crippen LogP contribution in [-0.4, -0.2) is 49.6 Å². The minimum atomic E-state index is -0.466. The number of hydrogen-bond donors (Lipinski definition) is 2. The van der Waals surface area contributed by atoms with Crippen molar-refractivity contribution in [2.45, 2.75) is 57.4 Å². The number of hydrogen-bond acceptors (Lipinski definition) is 4. The molecule has 0 unspecified atom stereocenters. The fourth-order valence-electron chi connectivity index (χ4n) is 3.64. The van der Waals surface area contributed by atoms with Crippen LogP contribution in [0.15, 0.2) is 24.3 Å². The highest BCUT2D eigenvalue weighted by atomic mass is 16.5. The van der Waals surface area contributed by atoms with Gasteiger partial charge in [-0.2, -0.15) is 0 Å². The Kier molecular flexibility index (Phi) is 9.28. The number of rotatable bonds is 12. The zero-order chi connectivity index (χ0) is 19.5. The van der Waals surface area contributed by atoms with E-state index in [4.69, 9.17) is 10.5 Å². The van der Waals surface area contributed by atoms with Gasteiger partial charge >= 0.3 is 0 Å². The number of methoxy groups -OCH3 is 1. The van der Waals surface area contributed by atoms with Crippen LogP contribution in [0, 0.1) is 0 Å². The fraction of sp³-hybridized carbons (Fsp3) is 0.619. The van der Waals surface area contributed by atoms with Gasteiger partial charge in [0, 0.05) is 30.8 Å². The molecule has 0 aliphatic carbocycles. The number of amides is 2. The van der Waals surface area contributed by atoms with E-state index in [1.54, 1.807) is 31.4 Å². The lowest BCUT2D eigenvalue weighted by atomic mass is 10.1. The third-order valence-electron chi connectivity index (χ3n) is 5.16. The summed E-state index contributed by atoms with van der Waals surface area (Å²) in [6.45, 7) is 3.21. The Labute approximate surface area is 162 Å². The molecule has 1 atom stereocenters. The van der Waals surface area contributed by atoms with E-state index in [1.165, 1.54) is 38.6 Å². The van der Waals surface area contributed by atoms with E-state index in [1.807, 2.05) is 0 Å². The molecular weight excluding hydrogens is 342 g/mol. The maximum absolute atomic E-state index is 12.0. The summed E-state index contributed by atoms with van der Waals surface area (Å²) in [7, 11) is 1.78. The first kappa shape index (κ1) is 21.4. The van der Waals surface area contributed by atoms with Gasteiger partial charge < -0.3 is 15.8 Å². The van der Waals surface area contributed by atoms with Crippen molar-refractivity contribution in [3.8, 4) is 0 Å². The normalized spacial score (nSPS) is 17.1. The lowest BCUT2D eigenvalue weighted by molar-refractivity contribution is -0.116. The number of anilines is 1. The second kappa shape index (κ2) is 11.7. The van der Waals surface area contributed by atoms with Gasteiger partial charge in [-0.05, 0) is 63.0 Å². The molecule has 1 aromatic carbocycles. The van der Waals surface area contributed by atoms with Crippen molar-refractivity contribution in [2.24, 2.45) is 5.73 Å². The molecule has 2 rings (SSSR count). The Morgan fingerprint density at radius 2 is 1.85 bits per heavy atom. The van der Waals surface area contributed by atoms with Crippen LogP contribution in [0.4, 0.5) is 5.69 Å². The molecule has 1 aliphatic heterocycles. The Hall–Kier alpha value is -1.92. The summed E-state index contributed by atoms with van der Waals surface area (Å²) in [6, 6.07) is 7.25. The lowest BCUT2D eigenvalue weighted by Crippen LogP contribution is -2.33. The summed E-state index contributed by atoms with van der Waals surface area (Å²) in [5, 5.41) is 2.85. The second-order valence-corrected chi connectivity index (χ2v) is 7.29. The molecule has 1 aromatic rings. The van der Waals surface area contributed by atoms with Crippen LogP contribution in [0.1, 0.15) is 61.7 Å². The number of benzene rings is 1. The molecule has 3 N–H and O–H groups in total. The first-order valence-electron chi connectivity index (χ1n) is 10.0. The van der Waals surface area contributed by atoms with Crippen LogP contribution in [0.2, 0.25) is 0 Å². The van der Waals surface area contributed by atoms with Gasteiger partial charge in [-0.25, -0.2) is 0 Å². The standard InChI is InChI=1S/C21H33N3O3/c1-27-16-19-8-7-15-24(19)14-6-4-2-3-5-9-20(25)23-18-12-10-17(11-13-18)21(22)26/h10-13,19H,2-9,14-16H2,1H3,(H2,22,26)(H,23,25)/t19-/m1/s1. The molecule has 2 amide bonds. The van der Waals surface area contributed by atoms with E-state index in [0.29, 0.717) is 23.7 Å². The molecule has 0 spiro atoms. The van der Waals surface area contributed by atoms with Crippen molar-refractivity contribution in [3.05, 3.63) is 29.8 Å². The average molecular weight is 376 g/mol. The number of carbonyl (C=O) groups is 2. The lowest BCUT2D eigenvalue weighted by Gasteiger charge is -2.23. The second-order valence-electron chi connectivity index (χ2n) is 7.29. The number of carbonyl (C=O) groups excluding carboxylic acids is 2. The van der Waals surface area contributed by atoms with Crippen molar-refractivity contribution in [2.75, 3.05) is 32.1 Å². The highest BCUT2D eigenvalue weighted by Crippen LogP contribution is 2.18. The average Bonchev–Trinajstić information content (AvgIpc) is 3.09. The summed E-state index contributed by atoms with van der Waals surface area (Å²) in [4.78, 5) is 25.6. The van der Waals surface area contributed by atoms with Crippen molar-refractivity contribution in [1.29, 1.82) is 0 Å². The van der Waals surface area contributed by atoms with E-state index >= 15 is 0 Å². The van der Waals surface area contributed by atoms with Gasteiger partial charge in [-0.15, -0.1) is 0 Å². The van der Waals surface area contributed by atoms with E-state index in [-0.39, 0.29) is 5.91 Å². The van der Waals surface area contributed by atoms with E-state index < -0.39 is 5.91 Å². The first-order valence-corrected chi connectivity index (χ1v) is 10.0. The van der Waals surface area contributed by atoms with E-state index in [0.717, 1.165) is 26.0 Å². The number of ether oxygens (including phenoxy) is 1. The van der Waals surface area contributed by atoms with Crippen molar-refractivity contribution >= 4 is 17.5 Å². The monoisotopic (exact) mass is 375 g/mol. The molecule has 1 aliphatic rings. The van der Waals surface area contributed by atoms with Crippen molar-refractivity contribution < 1.29 is 14.3 Å². The number of nitrogens with zero attached hydrogens (tertiary/aromatic N) is 1. The van der Waals surface area contributed by atoms with Crippen LogP contribution in [-0.2, 0) is 9.53 Å². The van der Waals surface area contributed by atoms with Crippen LogP contribution in [0.5, 0.6) is 0 Å². The highest BCUT2D eigenvalue weighted by molar-refractivity contribution is 5.94. The Morgan fingerprint density at radius 3 is 2.56 bits per heavy atom. The van der Waals surface area contributed by atoms with Gasteiger partial charge in [0.2, 0.25) is 11.8 Å². The Bertz CT molecular complexity index is 589. The molecule has 150 valence electrons. The number of nitrogens with one attached hydrogen (secondary N) is 1.